The van der Waals surface area contributed by atoms with E-state index in [0.29, 0.717) is 23.7 Å². The van der Waals surface area contributed by atoms with Crippen molar-refractivity contribution in [1.29, 1.82) is 0 Å². The summed E-state index contributed by atoms with van der Waals surface area (Å²) in [4.78, 5) is 35.2. The van der Waals surface area contributed by atoms with Crippen LogP contribution in [0.4, 0.5) is 0 Å². The van der Waals surface area contributed by atoms with E-state index >= 15 is 0 Å². The molecule has 0 radical (unpaired) electrons. The second-order valence-corrected chi connectivity index (χ2v) is 11.1. The first-order valence-corrected chi connectivity index (χ1v) is 12.2. The van der Waals surface area contributed by atoms with Gasteiger partial charge in [-0.05, 0) is 91.4 Å². The lowest BCUT2D eigenvalue weighted by Crippen LogP contribution is -2.53. The molecule has 178 valence electrons. The first-order chi connectivity index (χ1) is 15.1. The van der Waals surface area contributed by atoms with Gasteiger partial charge in [0, 0.05) is 6.92 Å². The summed E-state index contributed by atoms with van der Waals surface area (Å²) in [5.74, 6) is 1.03. The minimum Gasteiger partial charge on any atom is -0.469 e. The number of ether oxygens (including phenoxy) is 3. The van der Waals surface area contributed by atoms with E-state index in [9.17, 15) is 14.4 Å². The minimum atomic E-state index is -0.571. The van der Waals surface area contributed by atoms with Crippen LogP contribution in [0.25, 0.3) is 0 Å². The Kier molecular flexibility index (Phi) is 6.19. The third-order valence-electron chi connectivity index (χ3n) is 9.72. The molecule has 6 heteroatoms. The molecule has 0 heterocycles. The van der Waals surface area contributed by atoms with Gasteiger partial charge in [-0.15, -0.1) is 0 Å². The molecule has 8 atom stereocenters. The van der Waals surface area contributed by atoms with Crippen LogP contribution in [0.5, 0.6) is 0 Å². The maximum absolute atomic E-state index is 12.3. The molecule has 0 amide bonds. The lowest BCUT2D eigenvalue weighted by molar-refractivity contribution is -0.158. The van der Waals surface area contributed by atoms with E-state index < -0.39 is 11.9 Å². The molecule has 0 N–H and O–H groups in total. The van der Waals surface area contributed by atoms with Crippen LogP contribution in [-0.2, 0) is 28.6 Å². The Bertz CT molecular complexity index is 804. The predicted octanol–water partition coefficient (Wildman–Crippen LogP) is 4.60. The summed E-state index contributed by atoms with van der Waals surface area (Å²) in [5.41, 5.74) is 1.28. The lowest BCUT2D eigenvalue weighted by atomic mass is 9.45. The third-order valence-corrected chi connectivity index (χ3v) is 9.72. The summed E-state index contributed by atoms with van der Waals surface area (Å²) in [5, 5.41) is 0. The van der Waals surface area contributed by atoms with Gasteiger partial charge in [-0.3, -0.25) is 14.4 Å². The molecule has 0 aromatic rings. The van der Waals surface area contributed by atoms with Gasteiger partial charge in [-0.2, -0.15) is 0 Å². The molecule has 0 aliphatic heterocycles. The van der Waals surface area contributed by atoms with Gasteiger partial charge in [-0.1, -0.05) is 20.4 Å². The quantitative estimate of drug-likeness (QED) is 0.272. The van der Waals surface area contributed by atoms with Crippen molar-refractivity contribution in [3.63, 3.8) is 0 Å². The Balaban J connectivity index is 1.47. The highest BCUT2D eigenvalue weighted by molar-refractivity contribution is 5.91. The van der Waals surface area contributed by atoms with Crippen molar-refractivity contribution < 1.29 is 28.6 Å². The largest absolute Gasteiger partial charge is 0.469 e. The molecule has 0 spiro atoms. The maximum atomic E-state index is 12.3. The van der Waals surface area contributed by atoms with E-state index in [4.69, 9.17) is 9.47 Å². The van der Waals surface area contributed by atoms with E-state index in [0.717, 1.165) is 37.7 Å². The van der Waals surface area contributed by atoms with E-state index in [1.165, 1.54) is 33.3 Å². The number of rotatable bonds is 4. The molecule has 4 fully saturated rings. The fraction of sp³-hybridized carbons (Fsp3) is 0.808. The first-order valence-electron chi connectivity index (χ1n) is 12.2. The summed E-state index contributed by atoms with van der Waals surface area (Å²) in [6.07, 6.45) is 7.85. The third kappa shape index (κ3) is 3.88. The lowest BCUT2D eigenvalue weighted by Gasteiger charge is -2.60. The van der Waals surface area contributed by atoms with Crippen LogP contribution in [0, 0.1) is 34.5 Å². The zero-order valence-corrected chi connectivity index (χ0v) is 20.0. The summed E-state index contributed by atoms with van der Waals surface area (Å²) in [6.45, 7) is 10.7. The van der Waals surface area contributed by atoms with Crippen LogP contribution < -0.4 is 0 Å². The van der Waals surface area contributed by atoms with Crippen LogP contribution in [0.1, 0.15) is 78.6 Å². The Morgan fingerprint density at radius 3 is 2.41 bits per heavy atom. The number of carbonyl (C=O) groups is 3. The molecule has 6 nitrogen and oxygen atoms in total. The SMILES string of the molecule is C=C1[C@H](OC(=O)CC(=O)OC)CC2C3CC[C@@H]4C[C@H](OC(C)=O)CC[C@]4(C)C3CC[C@]12C. The number of fused-ring (bicyclic) bond motifs is 5. The molecule has 4 rings (SSSR count). The van der Waals surface area contributed by atoms with Gasteiger partial charge in [0.05, 0.1) is 7.11 Å². The zero-order valence-electron chi connectivity index (χ0n) is 20.0. The van der Waals surface area contributed by atoms with Crippen molar-refractivity contribution in [1.82, 2.24) is 0 Å². The van der Waals surface area contributed by atoms with Gasteiger partial charge >= 0.3 is 17.9 Å². The van der Waals surface area contributed by atoms with Gasteiger partial charge in [0.1, 0.15) is 18.6 Å². The Hall–Kier alpha value is -1.85. The number of carbonyl (C=O) groups excluding carboxylic acids is 3. The van der Waals surface area contributed by atoms with Crippen LogP contribution >= 0.6 is 0 Å². The topological polar surface area (TPSA) is 78.9 Å². The Morgan fingerprint density at radius 1 is 0.969 bits per heavy atom. The molecule has 0 aromatic carbocycles. The predicted molar refractivity (Wildman–Crippen MR) is 118 cm³/mol. The second-order valence-electron chi connectivity index (χ2n) is 11.1. The van der Waals surface area contributed by atoms with E-state index in [2.05, 4.69) is 25.2 Å². The van der Waals surface area contributed by atoms with Crippen molar-refractivity contribution in [3.05, 3.63) is 12.2 Å². The first kappa shape index (κ1) is 23.3. The number of hydrogen-bond donors (Lipinski definition) is 0. The molecular weight excluding hydrogens is 408 g/mol. The van der Waals surface area contributed by atoms with E-state index in [1.807, 2.05) is 0 Å². The summed E-state index contributed by atoms with van der Waals surface area (Å²) < 4.78 is 15.9. The average Bonchev–Trinajstić information content (AvgIpc) is 2.98. The van der Waals surface area contributed by atoms with Crippen molar-refractivity contribution >= 4 is 17.9 Å². The highest BCUT2D eigenvalue weighted by Crippen LogP contribution is 2.67. The van der Waals surface area contributed by atoms with Gasteiger partial charge in [0.2, 0.25) is 0 Å². The van der Waals surface area contributed by atoms with Crippen LogP contribution in [0.15, 0.2) is 12.2 Å². The molecular formula is C26H38O6. The number of hydrogen-bond acceptors (Lipinski definition) is 6. The highest BCUT2D eigenvalue weighted by Gasteiger charge is 2.61. The van der Waals surface area contributed by atoms with Crippen molar-refractivity contribution in [3.8, 4) is 0 Å². The molecule has 0 bridgehead atoms. The van der Waals surface area contributed by atoms with Gasteiger partial charge in [0.15, 0.2) is 0 Å². The Morgan fingerprint density at radius 2 is 1.72 bits per heavy atom. The van der Waals surface area contributed by atoms with Crippen molar-refractivity contribution in [2.45, 2.75) is 90.8 Å². The molecule has 4 aliphatic carbocycles. The van der Waals surface area contributed by atoms with Crippen molar-refractivity contribution in [2.75, 3.05) is 7.11 Å². The fourth-order valence-corrected chi connectivity index (χ4v) is 7.96. The second kappa shape index (κ2) is 8.49. The molecule has 4 aliphatic rings. The van der Waals surface area contributed by atoms with E-state index in [1.54, 1.807) is 0 Å². The molecule has 0 aromatic heterocycles. The van der Waals surface area contributed by atoms with Crippen LogP contribution in [0.2, 0.25) is 0 Å². The van der Waals surface area contributed by atoms with E-state index in [-0.39, 0.29) is 35.4 Å². The molecule has 4 saturated carbocycles. The van der Waals surface area contributed by atoms with Crippen LogP contribution in [-0.4, -0.2) is 37.2 Å². The molecule has 3 unspecified atom stereocenters. The average molecular weight is 447 g/mol. The minimum absolute atomic E-state index is 0.0183. The summed E-state index contributed by atoms with van der Waals surface area (Å²) in [6, 6.07) is 0. The monoisotopic (exact) mass is 446 g/mol. The Labute approximate surface area is 191 Å². The van der Waals surface area contributed by atoms with Gasteiger partial charge < -0.3 is 14.2 Å². The fourth-order valence-electron chi connectivity index (χ4n) is 7.96. The zero-order chi connectivity index (χ0) is 23.3. The smallest absolute Gasteiger partial charge is 0.317 e. The summed E-state index contributed by atoms with van der Waals surface area (Å²) in [7, 11) is 1.27. The molecule has 32 heavy (non-hydrogen) atoms. The summed E-state index contributed by atoms with van der Waals surface area (Å²) >= 11 is 0. The maximum Gasteiger partial charge on any atom is 0.317 e. The number of esters is 3. The standard InChI is InChI=1S/C26H38O6/c1-15-22(32-24(29)14-23(28)30-5)13-21-19-7-6-17-12-18(31-16(2)27)8-10-26(17,4)20(19)9-11-25(15,21)3/h17-22H,1,6-14H2,2-5H3/t17-,18-,19?,20?,21?,22-,25-,26+/m1/s1. The normalized spacial score (nSPS) is 42.8. The van der Waals surface area contributed by atoms with Crippen molar-refractivity contribution in [2.24, 2.45) is 34.5 Å². The highest BCUT2D eigenvalue weighted by atomic mass is 16.6. The van der Waals surface area contributed by atoms with Gasteiger partial charge in [0.25, 0.3) is 0 Å². The van der Waals surface area contributed by atoms with Crippen LogP contribution in [0.3, 0.4) is 0 Å². The number of methoxy groups -OCH3 is 1. The van der Waals surface area contributed by atoms with Gasteiger partial charge in [-0.25, -0.2) is 0 Å². The molecule has 0 saturated heterocycles.